The van der Waals surface area contributed by atoms with Gasteiger partial charge in [0.2, 0.25) is 5.43 Å². The third-order valence-electron chi connectivity index (χ3n) is 8.16. The van der Waals surface area contributed by atoms with Crippen molar-refractivity contribution in [3.63, 3.8) is 0 Å². The van der Waals surface area contributed by atoms with Gasteiger partial charge in [0.1, 0.15) is 16.5 Å². The highest BCUT2D eigenvalue weighted by Crippen LogP contribution is 2.41. The Morgan fingerprint density at radius 1 is 0.854 bits per heavy atom. The molecule has 0 saturated heterocycles. The van der Waals surface area contributed by atoms with Crippen LogP contribution in [0, 0.1) is 11.6 Å². The van der Waals surface area contributed by atoms with Crippen LogP contribution in [0.3, 0.4) is 0 Å². The molecule has 242 valence electrons. The fraction of sp³-hybridized carbons (Fsp3) is 0.154. The molecular weight excluding hydrogens is 631 g/mol. The molecule has 1 atom stereocenters. The van der Waals surface area contributed by atoms with Crippen LogP contribution in [-0.2, 0) is 17.8 Å². The van der Waals surface area contributed by atoms with Crippen LogP contribution >= 0.6 is 11.3 Å². The average Bonchev–Trinajstić information content (AvgIpc) is 3.52. The number of ether oxygens (including phenoxy) is 1. The number of pyridine rings is 1. The van der Waals surface area contributed by atoms with E-state index in [2.05, 4.69) is 5.32 Å². The lowest BCUT2D eigenvalue weighted by Gasteiger charge is -2.17. The number of hydrogen-bond donors (Lipinski definition) is 1. The van der Waals surface area contributed by atoms with Crippen molar-refractivity contribution in [3.05, 3.63) is 165 Å². The molecule has 0 amide bonds. The monoisotopic (exact) mass is 662 g/mol. The van der Waals surface area contributed by atoms with Crippen molar-refractivity contribution in [1.29, 1.82) is 0 Å². The average molecular weight is 663 g/mol. The Balaban J connectivity index is 1.59. The number of nitrogens with one attached hydrogen (secondary N) is 1. The van der Waals surface area contributed by atoms with E-state index < -0.39 is 34.9 Å². The zero-order chi connectivity index (χ0) is 33.8. The maximum atomic E-state index is 15.0. The number of carbonyl (C=O) groups excluding carboxylic acids is 2. The number of esters is 1. The number of carbonyl (C=O) groups is 2. The second-order valence-corrected chi connectivity index (χ2v) is 12.3. The van der Waals surface area contributed by atoms with E-state index in [1.807, 2.05) is 37.3 Å². The normalized spacial score (nSPS) is 11.8. The lowest BCUT2D eigenvalue weighted by Crippen LogP contribution is -2.23. The van der Waals surface area contributed by atoms with Crippen molar-refractivity contribution in [1.82, 2.24) is 9.88 Å². The second-order valence-electron chi connectivity index (χ2n) is 11.3. The summed E-state index contributed by atoms with van der Waals surface area (Å²) in [6, 6.07) is 28.4. The SMILES string of the molecule is CCOC(=O)c1ccc(-c2sc3c(c2C(C)NCc2ccccc2)c(=O)c(C(=O)c2ccccc2)cn3Cc2c(F)cccc2F)cc1. The summed E-state index contributed by atoms with van der Waals surface area (Å²) in [5.74, 6) is -2.41. The van der Waals surface area contributed by atoms with Gasteiger partial charge in [-0.05, 0) is 49.2 Å². The molecule has 0 spiro atoms. The van der Waals surface area contributed by atoms with E-state index in [-0.39, 0.29) is 29.7 Å². The number of fused-ring (bicyclic) bond motifs is 1. The topological polar surface area (TPSA) is 77.4 Å². The number of benzene rings is 4. The number of ketones is 1. The molecule has 0 bridgehead atoms. The van der Waals surface area contributed by atoms with Crippen molar-refractivity contribution < 1.29 is 23.1 Å². The van der Waals surface area contributed by atoms with Crippen molar-refractivity contribution in [3.8, 4) is 10.4 Å². The Bertz CT molecular complexity index is 2140. The van der Waals surface area contributed by atoms with Crippen LogP contribution < -0.4 is 10.7 Å². The largest absolute Gasteiger partial charge is 0.462 e. The molecule has 0 radical (unpaired) electrons. The smallest absolute Gasteiger partial charge is 0.338 e. The van der Waals surface area contributed by atoms with E-state index in [0.717, 1.165) is 16.0 Å². The fourth-order valence-corrected chi connectivity index (χ4v) is 7.08. The predicted octanol–water partition coefficient (Wildman–Crippen LogP) is 8.32. The molecule has 1 N–H and O–H groups in total. The third kappa shape index (κ3) is 6.60. The second kappa shape index (κ2) is 14.3. The number of nitrogens with zero attached hydrogens (tertiary/aromatic N) is 1. The first-order chi connectivity index (χ1) is 23.3. The van der Waals surface area contributed by atoms with Gasteiger partial charge >= 0.3 is 5.97 Å². The Kier molecular flexibility index (Phi) is 9.70. The lowest BCUT2D eigenvalue weighted by atomic mass is 9.97. The van der Waals surface area contributed by atoms with Gasteiger partial charge in [0, 0.05) is 40.4 Å². The molecule has 6 aromatic rings. The molecule has 1 unspecified atom stereocenters. The Morgan fingerprint density at radius 2 is 1.50 bits per heavy atom. The van der Waals surface area contributed by atoms with Crippen LogP contribution in [0.5, 0.6) is 0 Å². The van der Waals surface area contributed by atoms with Crippen LogP contribution in [-0.4, -0.2) is 22.9 Å². The molecule has 0 aliphatic rings. The first-order valence-electron chi connectivity index (χ1n) is 15.5. The highest BCUT2D eigenvalue weighted by Gasteiger charge is 2.27. The van der Waals surface area contributed by atoms with Crippen molar-refractivity contribution in [2.45, 2.75) is 33.0 Å². The number of thiophene rings is 1. The molecule has 9 heteroatoms. The maximum Gasteiger partial charge on any atom is 0.338 e. The molecule has 6 nitrogen and oxygen atoms in total. The summed E-state index contributed by atoms with van der Waals surface area (Å²) in [6.07, 6.45) is 1.40. The summed E-state index contributed by atoms with van der Waals surface area (Å²) in [6.45, 7) is 4.16. The Labute approximate surface area is 280 Å². The van der Waals surface area contributed by atoms with Gasteiger partial charge < -0.3 is 14.6 Å². The minimum absolute atomic E-state index is 0.107. The standard InChI is InChI=1S/C39H32F2N2O4S/c1-3-47-39(46)28-19-17-27(18-20-28)37-33(24(2)42-21-25-11-6-4-7-12-25)34-36(45)30(35(44)26-13-8-5-9-14-26)23-43(38(34)48-37)22-29-31(40)15-10-16-32(29)41/h4-20,23-24,42H,3,21-22H2,1-2H3. The van der Waals surface area contributed by atoms with E-state index in [1.165, 1.54) is 35.7 Å². The highest BCUT2D eigenvalue weighted by atomic mass is 32.1. The molecule has 0 saturated carbocycles. The summed E-state index contributed by atoms with van der Waals surface area (Å²) in [5, 5.41) is 3.81. The minimum Gasteiger partial charge on any atom is -0.462 e. The molecule has 0 aliphatic heterocycles. The first-order valence-corrected chi connectivity index (χ1v) is 16.4. The van der Waals surface area contributed by atoms with Gasteiger partial charge in [0.15, 0.2) is 5.78 Å². The summed E-state index contributed by atoms with van der Waals surface area (Å²) < 4.78 is 36.8. The van der Waals surface area contributed by atoms with Crippen LogP contribution in [0.4, 0.5) is 8.78 Å². The van der Waals surface area contributed by atoms with Crippen molar-refractivity contribution >= 4 is 33.3 Å². The molecule has 48 heavy (non-hydrogen) atoms. The van der Waals surface area contributed by atoms with Gasteiger partial charge in [0.25, 0.3) is 0 Å². The van der Waals surface area contributed by atoms with Gasteiger partial charge in [-0.15, -0.1) is 11.3 Å². The maximum absolute atomic E-state index is 15.0. The summed E-state index contributed by atoms with van der Waals surface area (Å²) in [7, 11) is 0. The molecule has 0 aliphatic carbocycles. The zero-order valence-corrected chi connectivity index (χ0v) is 27.2. The summed E-state index contributed by atoms with van der Waals surface area (Å²) in [5.41, 5.74) is 2.34. The number of aromatic nitrogens is 1. The summed E-state index contributed by atoms with van der Waals surface area (Å²) in [4.78, 5) is 41.9. The Morgan fingerprint density at radius 3 is 2.15 bits per heavy atom. The quantitative estimate of drug-likeness (QED) is 0.112. The van der Waals surface area contributed by atoms with Gasteiger partial charge in [-0.1, -0.05) is 78.9 Å². The number of hydrogen-bond acceptors (Lipinski definition) is 6. The van der Waals surface area contributed by atoms with E-state index in [4.69, 9.17) is 4.74 Å². The lowest BCUT2D eigenvalue weighted by molar-refractivity contribution is 0.0526. The van der Waals surface area contributed by atoms with Crippen molar-refractivity contribution in [2.24, 2.45) is 0 Å². The van der Waals surface area contributed by atoms with Gasteiger partial charge in [-0.3, -0.25) is 9.59 Å². The molecular formula is C39H32F2N2O4S. The van der Waals surface area contributed by atoms with Gasteiger partial charge in [-0.25, -0.2) is 13.6 Å². The predicted molar refractivity (Wildman–Crippen MR) is 185 cm³/mol. The number of rotatable bonds is 11. The molecule has 0 fully saturated rings. The van der Waals surface area contributed by atoms with Crippen molar-refractivity contribution in [2.75, 3.05) is 6.61 Å². The van der Waals surface area contributed by atoms with E-state index in [0.29, 0.717) is 28.1 Å². The molecule has 2 heterocycles. The zero-order valence-electron chi connectivity index (χ0n) is 26.3. The van der Waals surface area contributed by atoms with Gasteiger partial charge in [0.05, 0.1) is 29.7 Å². The number of halogens is 2. The van der Waals surface area contributed by atoms with Crippen LogP contribution in [0.2, 0.25) is 0 Å². The van der Waals surface area contributed by atoms with Crippen LogP contribution in [0.1, 0.15) is 62.9 Å². The molecule has 2 aromatic heterocycles. The van der Waals surface area contributed by atoms with E-state index in [1.54, 1.807) is 66.1 Å². The molecule has 4 aromatic carbocycles. The minimum atomic E-state index is -0.734. The molecule has 6 rings (SSSR count). The van der Waals surface area contributed by atoms with Crippen LogP contribution in [0.25, 0.3) is 20.7 Å². The fourth-order valence-electron chi connectivity index (χ4n) is 5.71. The van der Waals surface area contributed by atoms with E-state index in [9.17, 15) is 14.4 Å². The van der Waals surface area contributed by atoms with Crippen LogP contribution in [0.15, 0.2) is 114 Å². The highest BCUT2D eigenvalue weighted by molar-refractivity contribution is 7.22. The summed E-state index contributed by atoms with van der Waals surface area (Å²) >= 11 is 1.29. The third-order valence-corrected chi connectivity index (χ3v) is 9.45. The first kappa shape index (κ1) is 32.7. The van der Waals surface area contributed by atoms with Gasteiger partial charge in [-0.2, -0.15) is 0 Å². The van der Waals surface area contributed by atoms with E-state index >= 15 is 8.78 Å². The Hall–Kier alpha value is -5.25.